The summed E-state index contributed by atoms with van der Waals surface area (Å²) in [7, 11) is 0. The van der Waals surface area contributed by atoms with E-state index in [2.05, 4.69) is 29.3 Å². The minimum atomic E-state index is -0.503. The maximum Gasteiger partial charge on any atom is 0.179 e. The molecule has 0 saturated heterocycles. The Morgan fingerprint density at radius 3 is 2.28 bits per heavy atom. The Morgan fingerprint density at radius 2 is 1.49 bits per heavy atom. The zero-order chi connectivity index (χ0) is 26.5. The highest BCUT2D eigenvalue weighted by molar-refractivity contribution is 6.51. The third-order valence-corrected chi connectivity index (χ3v) is 7.15. The lowest BCUT2D eigenvalue weighted by Gasteiger charge is -2.40. The number of aliphatic imine (C=N–C) groups is 2. The first-order valence-electron chi connectivity index (χ1n) is 12.9. The van der Waals surface area contributed by atoms with Crippen LogP contribution in [0.15, 0.2) is 113 Å². The predicted molar refractivity (Wildman–Crippen MR) is 154 cm³/mol. The summed E-state index contributed by atoms with van der Waals surface area (Å²) in [6, 6.07) is 32.4. The molecule has 5 aromatic rings. The fourth-order valence-corrected chi connectivity index (χ4v) is 5.31. The van der Waals surface area contributed by atoms with Crippen LogP contribution in [-0.2, 0) is 0 Å². The predicted octanol–water partition coefficient (Wildman–Crippen LogP) is 7.42. The second-order valence-corrected chi connectivity index (χ2v) is 9.74. The van der Waals surface area contributed by atoms with Crippen molar-refractivity contribution in [2.45, 2.75) is 19.9 Å². The Labute approximate surface area is 225 Å². The Bertz CT molecular complexity index is 1770. The summed E-state index contributed by atoms with van der Waals surface area (Å²) in [4.78, 5) is 12.3. The first kappa shape index (κ1) is 23.1. The molecule has 7 rings (SSSR count). The van der Waals surface area contributed by atoms with Crippen LogP contribution in [0, 0.1) is 19.7 Å². The van der Waals surface area contributed by atoms with Crippen molar-refractivity contribution in [1.82, 2.24) is 9.78 Å². The molecule has 1 N–H and O–H groups in total. The normalized spacial score (nSPS) is 15.6. The van der Waals surface area contributed by atoms with E-state index in [1.807, 2.05) is 90.5 Å². The van der Waals surface area contributed by atoms with Gasteiger partial charge in [0.15, 0.2) is 17.5 Å². The van der Waals surface area contributed by atoms with Gasteiger partial charge in [0, 0.05) is 16.8 Å². The average molecular weight is 513 g/mol. The van der Waals surface area contributed by atoms with Crippen LogP contribution >= 0.6 is 0 Å². The lowest BCUT2D eigenvalue weighted by molar-refractivity contribution is 0.597. The number of nitrogens with one attached hydrogen (secondary N) is 1. The number of benzene rings is 4. The van der Waals surface area contributed by atoms with E-state index in [1.165, 1.54) is 6.07 Å². The van der Waals surface area contributed by atoms with E-state index in [4.69, 9.17) is 15.1 Å². The third-order valence-electron chi connectivity index (χ3n) is 7.15. The second kappa shape index (κ2) is 9.06. The number of halogens is 1. The molecule has 0 aliphatic carbocycles. The van der Waals surface area contributed by atoms with Crippen LogP contribution in [0.1, 0.15) is 28.4 Å². The molecule has 2 aliphatic rings. The van der Waals surface area contributed by atoms with E-state index in [9.17, 15) is 0 Å². The Balaban J connectivity index is 1.52. The number of aromatic nitrogens is 2. The molecule has 39 heavy (non-hydrogen) atoms. The number of hydrogen-bond donors (Lipinski definition) is 1. The van der Waals surface area contributed by atoms with E-state index in [1.54, 1.807) is 6.07 Å². The molecule has 6 nitrogen and oxygen atoms in total. The lowest BCUT2D eigenvalue weighted by Crippen LogP contribution is -2.46. The number of rotatable bonds is 3. The van der Waals surface area contributed by atoms with Gasteiger partial charge in [-0.1, -0.05) is 66.2 Å². The smallest absolute Gasteiger partial charge is 0.179 e. The van der Waals surface area contributed by atoms with Gasteiger partial charge in [0.1, 0.15) is 5.82 Å². The summed E-state index contributed by atoms with van der Waals surface area (Å²) in [5.41, 5.74) is 6.77. The maximum absolute atomic E-state index is 15.6. The molecule has 0 fully saturated rings. The second-order valence-electron chi connectivity index (χ2n) is 9.74. The zero-order valence-electron chi connectivity index (χ0n) is 21.5. The average Bonchev–Trinajstić information content (AvgIpc) is 3.29. The van der Waals surface area contributed by atoms with Gasteiger partial charge in [-0.3, -0.25) is 0 Å². The van der Waals surface area contributed by atoms with Gasteiger partial charge in [0.25, 0.3) is 0 Å². The molecule has 1 aromatic heterocycles. The first-order chi connectivity index (χ1) is 19.1. The molecule has 0 amide bonds. The number of aryl methyl sites for hydroxylation is 2. The van der Waals surface area contributed by atoms with E-state index in [0.717, 1.165) is 39.6 Å². The maximum atomic E-state index is 15.6. The molecule has 0 bridgehead atoms. The molecule has 7 heteroatoms. The van der Waals surface area contributed by atoms with Crippen LogP contribution in [0.4, 0.5) is 27.3 Å². The molecular weight excluding hydrogens is 487 g/mol. The van der Waals surface area contributed by atoms with Gasteiger partial charge >= 0.3 is 0 Å². The number of fused-ring (bicyclic) bond motifs is 4. The monoisotopic (exact) mass is 512 g/mol. The molecule has 4 aromatic carbocycles. The topological polar surface area (TPSA) is 57.8 Å². The summed E-state index contributed by atoms with van der Waals surface area (Å²) < 4.78 is 17.5. The highest BCUT2D eigenvalue weighted by atomic mass is 19.1. The van der Waals surface area contributed by atoms with E-state index < -0.39 is 6.04 Å². The number of hydrogen-bond acceptors (Lipinski definition) is 5. The van der Waals surface area contributed by atoms with Crippen LogP contribution < -0.4 is 10.2 Å². The number of amidine groups is 2. The van der Waals surface area contributed by atoms with Gasteiger partial charge in [-0.2, -0.15) is 5.10 Å². The van der Waals surface area contributed by atoms with Crippen LogP contribution in [0.2, 0.25) is 0 Å². The fraction of sp³-hybridized carbons (Fsp3) is 0.0938. The van der Waals surface area contributed by atoms with Gasteiger partial charge in [-0.25, -0.2) is 19.1 Å². The SMILES string of the molecule is Cc1ccc(-n2nc(C)c3c2N=C2C(Nc4ccccc4)=Nc4ccccc4N2[C@H]3c2ccccc2F)cc1. The Morgan fingerprint density at radius 1 is 0.769 bits per heavy atom. The minimum absolute atomic E-state index is 0.283. The molecule has 3 heterocycles. The molecule has 190 valence electrons. The summed E-state index contributed by atoms with van der Waals surface area (Å²) in [6.07, 6.45) is 0. The largest absolute Gasteiger partial charge is 0.337 e. The number of anilines is 2. The molecule has 2 aliphatic heterocycles. The van der Waals surface area contributed by atoms with Crippen molar-refractivity contribution in [1.29, 1.82) is 0 Å². The molecule has 1 atom stereocenters. The van der Waals surface area contributed by atoms with Gasteiger partial charge in [0.2, 0.25) is 0 Å². The van der Waals surface area contributed by atoms with Gasteiger partial charge < -0.3 is 10.2 Å². The van der Waals surface area contributed by atoms with Crippen molar-refractivity contribution in [2.24, 2.45) is 9.98 Å². The van der Waals surface area contributed by atoms with Crippen LogP contribution in [0.3, 0.4) is 0 Å². The number of nitrogens with zero attached hydrogens (tertiary/aromatic N) is 5. The van der Waals surface area contributed by atoms with E-state index in [-0.39, 0.29) is 5.82 Å². The van der Waals surface area contributed by atoms with Crippen molar-refractivity contribution in [3.8, 4) is 5.69 Å². The van der Waals surface area contributed by atoms with Gasteiger partial charge in [-0.05, 0) is 56.3 Å². The van der Waals surface area contributed by atoms with Crippen molar-refractivity contribution in [3.05, 3.63) is 131 Å². The zero-order valence-corrected chi connectivity index (χ0v) is 21.5. The molecule has 0 spiro atoms. The fourth-order valence-electron chi connectivity index (χ4n) is 5.31. The first-order valence-corrected chi connectivity index (χ1v) is 12.9. The minimum Gasteiger partial charge on any atom is -0.337 e. The van der Waals surface area contributed by atoms with Gasteiger partial charge in [-0.15, -0.1) is 0 Å². The summed E-state index contributed by atoms with van der Waals surface area (Å²) >= 11 is 0. The van der Waals surface area contributed by atoms with Crippen molar-refractivity contribution in [3.63, 3.8) is 0 Å². The quantitative estimate of drug-likeness (QED) is 0.274. The molecular formula is C32H25FN6. The lowest BCUT2D eigenvalue weighted by atomic mass is 9.93. The Hall–Kier alpha value is -5.04. The van der Waals surface area contributed by atoms with Crippen molar-refractivity contribution < 1.29 is 4.39 Å². The summed E-state index contributed by atoms with van der Waals surface area (Å²) in [5.74, 6) is 1.57. The number of para-hydroxylation sites is 3. The highest BCUT2D eigenvalue weighted by Gasteiger charge is 2.42. The van der Waals surface area contributed by atoms with E-state index >= 15 is 4.39 Å². The van der Waals surface area contributed by atoms with Gasteiger partial charge in [0.05, 0.1) is 28.8 Å². The molecule has 0 unspecified atom stereocenters. The standard InChI is InChI=1S/C32H25FN6/c1-20-16-18-23(19-17-20)39-31-28(21(2)37-39)29(24-12-6-7-13-25(24)33)38-27-15-9-8-14-26(27)35-30(32(38)36-31)34-22-10-4-3-5-11-22/h3-19,29H,1-2H3,(H,34,35)/t29-/m0/s1. The summed E-state index contributed by atoms with van der Waals surface area (Å²) in [5, 5.41) is 8.39. The van der Waals surface area contributed by atoms with Crippen LogP contribution in [0.5, 0.6) is 0 Å². The van der Waals surface area contributed by atoms with Crippen molar-refractivity contribution in [2.75, 3.05) is 10.2 Å². The van der Waals surface area contributed by atoms with Crippen LogP contribution in [-0.4, -0.2) is 21.5 Å². The summed E-state index contributed by atoms with van der Waals surface area (Å²) in [6.45, 7) is 4.02. The molecule has 0 saturated carbocycles. The highest BCUT2D eigenvalue weighted by Crippen LogP contribution is 2.48. The molecule has 0 radical (unpaired) electrons. The Kier molecular flexibility index (Phi) is 5.37. The third kappa shape index (κ3) is 3.82. The van der Waals surface area contributed by atoms with Crippen LogP contribution in [0.25, 0.3) is 5.69 Å². The van der Waals surface area contributed by atoms with Crippen molar-refractivity contribution >= 4 is 34.6 Å². The van der Waals surface area contributed by atoms with E-state index in [0.29, 0.717) is 23.1 Å².